The number of fused-ring (bicyclic) bond motifs is 1. The van der Waals surface area contributed by atoms with Crippen LogP contribution in [-0.4, -0.2) is 32.7 Å². The van der Waals surface area contributed by atoms with E-state index in [1.807, 2.05) is 24.3 Å². The zero-order valence-electron chi connectivity index (χ0n) is 19.7. The van der Waals surface area contributed by atoms with Crippen LogP contribution in [0.1, 0.15) is 63.1 Å². The molecule has 3 rings (SSSR count). The van der Waals surface area contributed by atoms with Crippen molar-refractivity contribution in [3.8, 4) is 5.75 Å². The molecule has 6 nitrogen and oxygen atoms in total. The molecule has 1 aliphatic heterocycles. The Morgan fingerprint density at radius 2 is 1.88 bits per heavy atom. The molecular formula is C25H33ClN2O4S. The van der Waals surface area contributed by atoms with Crippen LogP contribution >= 0.6 is 11.6 Å². The molecule has 1 N–H and O–H groups in total. The van der Waals surface area contributed by atoms with Crippen molar-refractivity contribution in [2.75, 3.05) is 17.1 Å². The summed E-state index contributed by atoms with van der Waals surface area (Å²) < 4.78 is 32.5. The Morgan fingerprint density at radius 3 is 2.55 bits per heavy atom. The van der Waals surface area contributed by atoms with Gasteiger partial charge in [0.2, 0.25) is 15.9 Å². The smallest absolute Gasteiger partial charge is 0.232 e. The average molecular weight is 493 g/mol. The van der Waals surface area contributed by atoms with Gasteiger partial charge >= 0.3 is 0 Å². The molecule has 8 heteroatoms. The summed E-state index contributed by atoms with van der Waals surface area (Å²) in [5.41, 5.74) is 1.92. The van der Waals surface area contributed by atoms with Crippen LogP contribution in [0.2, 0.25) is 5.02 Å². The van der Waals surface area contributed by atoms with Crippen LogP contribution in [0, 0.1) is 6.92 Å². The summed E-state index contributed by atoms with van der Waals surface area (Å²) in [5.74, 6) is 0.714. The molecule has 180 valence electrons. The molecule has 2 aromatic carbocycles. The third-order valence-electron chi connectivity index (χ3n) is 6.49. The van der Waals surface area contributed by atoms with Crippen molar-refractivity contribution in [2.45, 2.75) is 64.5 Å². The number of carbonyl (C=O) groups is 1. The van der Waals surface area contributed by atoms with Gasteiger partial charge in [0.15, 0.2) is 0 Å². The standard InChI is InChI=1S/C25H33ClN2O4S/c1-5-25(6-2)17-21(19-11-7-8-14-23(19)32-25)27-24(29)15-10-16-28(33(4,30)31)22-13-9-12-20(26)18(22)3/h7-9,11-14,21H,5-6,10,15-17H2,1-4H3,(H,27,29)/t21-/m0/s1. The van der Waals surface area contributed by atoms with Gasteiger partial charge < -0.3 is 10.1 Å². The number of anilines is 1. The molecular weight excluding hydrogens is 460 g/mol. The zero-order valence-corrected chi connectivity index (χ0v) is 21.3. The first-order chi connectivity index (χ1) is 15.6. The van der Waals surface area contributed by atoms with E-state index in [2.05, 4.69) is 19.2 Å². The Hall–Kier alpha value is -2.25. The van der Waals surface area contributed by atoms with Crippen LogP contribution in [0.15, 0.2) is 42.5 Å². The fourth-order valence-corrected chi connectivity index (χ4v) is 5.60. The predicted octanol–water partition coefficient (Wildman–Crippen LogP) is 5.39. The van der Waals surface area contributed by atoms with Gasteiger partial charge in [-0.3, -0.25) is 9.10 Å². The summed E-state index contributed by atoms with van der Waals surface area (Å²) in [5, 5.41) is 3.67. The lowest BCUT2D eigenvalue weighted by Crippen LogP contribution is -2.44. The summed E-state index contributed by atoms with van der Waals surface area (Å²) in [4.78, 5) is 12.9. The lowest BCUT2D eigenvalue weighted by Gasteiger charge is -2.41. The van der Waals surface area contributed by atoms with Crippen LogP contribution in [0.4, 0.5) is 5.69 Å². The van der Waals surface area contributed by atoms with Crippen LogP contribution in [0.3, 0.4) is 0 Å². The molecule has 0 bridgehead atoms. The minimum Gasteiger partial charge on any atom is -0.487 e. The first-order valence-electron chi connectivity index (χ1n) is 11.4. The van der Waals surface area contributed by atoms with Crippen LogP contribution in [0.5, 0.6) is 5.75 Å². The number of nitrogens with zero attached hydrogens (tertiary/aromatic N) is 1. The third kappa shape index (κ3) is 5.82. The highest BCUT2D eigenvalue weighted by Crippen LogP contribution is 2.42. The van der Waals surface area contributed by atoms with Gasteiger partial charge in [0.1, 0.15) is 11.4 Å². The molecule has 1 atom stereocenters. The molecule has 0 radical (unpaired) electrons. The largest absolute Gasteiger partial charge is 0.487 e. The van der Waals surface area contributed by atoms with E-state index in [1.54, 1.807) is 25.1 Å². The SMILES string of the molecule is CCC1(CC)C[C@H](NC(=O)CCCN(c2cccc(Cl)c2C)S(C)(=O)=O)c2ccccc2O1. The second-order valence-corrected chi connectivity index (χ2v) is 11.0. The number of carbonyl (C=O) groups excluding carboxylic acids is 1. The second-order valence-electron chi connectivity index (χ2n) is 8.68. The fraction of sp³-hybridized carbons (Fsp3) is 0.480. The van der Waals surface area contributed by atoms with E-state index in [-0.39, 0.29) is 30.5 Å². The number of para-hydroxylation sites is 1. The number of nitrogens with one attached hydrogen (secondary N) is 1. The molecule has 0 aliphatic carbocycles. The molecule has 1 amide bonds. The van der Waals surface area contributed by atoms with Crippen LogP contribution in [0.25, 0.3) is 0 Å². The molecule has 33 heavy (non-hydrogen) atoms. The summed E-state index contributed by atoms with van der Waals surface area (Å²) in [7, 11) is -3.52. The number of ether oxygens (including phenoxy) is 1. The summed E-state index contributed by atoms with van der Waals surface area (Å²) in [6, 6.07) is 12.9. The first-order valence-corrected chi connectivity index (χ1v) is 13.6. The van der Waals surface area contributed by atoms with Crippen molar-refractivity contribution in [3.05, 3.63) is 58.6 Å². The van der Waals surface area contributed by atoms with Gasteiger partial charge in [0.05, 0.1) is 18.0 Å². The van der Waals surface area contributed by atoms with Gasteiger partial charge in [-0.1, -0.05) is 49.7 Å². The Balaban J connectivity index is 1.69. The second kappa shape index (κ2) is 10.3. The Kier molecular flexibility index (Phi) is 7.96. The maximum absolute atomic E-state index is 12.9. The zero-order chi connectivity index (χ0) is 24.2. The minimum atomic E-state index is -3.52. The average Bonchev–Trinajstić information content (AvgIpc) is 2.78. The Morgan fingerprint density at radius 1 is 1.18 bits per heavy atom. The van der Waals surface area contributed by atoms with E-state index in [4.69, 9.17) is 16.3 Å². The van der Waals surface area contributed by atoms with Crippen molar-refractivity contribution in [2.24, 2.45) is 0 Å². The van der Waals surface area contributed by atoms with Gasteiger partial charge in [-0.25, -0.2) is 8.42 Å². The van der Waals surface area contributed by atoms with Gasteiger partial charge in [0, 0.05) is 30.0 Å². The number of hydrogen-bond acceptors (Lipinski definition) is 4. The topological polar surface area (TPSA) is 75.7 Å². The number of sulfonamides is 1. The number of benzene rings is 2. The van der Waals surface area contributed by atoms with Crippen molar-refractivity contribution < 1.29 is 17.9 Å². The van der Waals surface area contributed by atoms with E-state index < -0.39 is 10.0 Å². The number of hydrogen-bond donors (Lipinski definition) is 1. The first kappa shape index (κ1) is 25.4. The fourth-order valence-electron chi connectivity index (χ4n) is 4.41. The minimum absolute atomic E-state index is 0.103. The predicted molar refractivity (Wildman–Crippen MR) is 133 cm³/mol. The third-order valence-corrected chi connectivity index (χ3v) is 8.08. The number of rotatable bonds is 9. The lowest BCUT2D eigenvalue weighted by atomic mass is 9.83. The summed E-state index contributed by atoms with van der Waals surface area (Å²) in [6.45, 7) is 6.20. The normalized spacial score (nSPS) is 17.1. The highest BCUT2D eigenvalue weighted by molar-refractivity contribution is 7.92. The maximum Gasteiger partial charge on any atom is 0.232 e. The van der Waals surface area contributed by atoms with E-state index in [0.29, 0.717) is 29.1 Å². The lowest BCUT2D eigenvalue weighted by molar-refractivity contribution is -0.122. The highest BCUT2D eigenvalue weighted by Gasteiger charge is 2.38. The number of halogens is 1. The summed E-state index contributed by atoms with van der Waals surface area (Å²) in [6.07, 6.45) is 4.19. The monoisotopic (exact) mass is 492 g/mol. The molecule has 1 heterocycles. The van der Waals surface area contributed by atoms with Gasteiger partial charge in [-0.2, -0.15) is 0 Å². The van der Waals surface area contributed by atoms with Crippen LogP contribution < -0.4 is 14.4 Å². The Labute approximate surface area is 202 Å². The molecule has 0 fully saturated rings. The molecule has 2 aromatic rings. The van der Waals surface area contributed by atoms with Crippen molar-refractivity contribution in [3.63, 3.8) is 0 Å². The van der Waals surface area contributed by atoms with Crippen molar-refractivity contribution in [1.29, 1.82) is 0 Å². The van der Waals surface area contributed by atoms with Gasteiger partial charge in [-0.05, 0) is 49.9 Å². The van der Waals surface area contributed by atoms with Gasteiger partial charge in [0.25, 0.3) is 0 Å². The molecule has 0 unspecified atom stereocenters. The summed E-state index contributed by atoms with van der Waals surface area (Å²) >= 11 is 6.19. The highest BCUT2D eigenvalue weighted by atomic mass is 35.5. The molecule has 0 saturated heterocycles. The van der Waals surface area contributed by atoms with Crippen molar-refractivity contribution in [1.82, 2.24) is 5.32 Å². The molecule has 0 aromatic heterocycles. The molecule has 0 spiro atoms. The quantitative estimate of drug-likeness (QED) is 0.509. The van der Waals surface area contributed by atoms with Crippen molar-refractivity contribution >= 4 is 33.2 Å². The van der Waals surface area contributed by atoms with E-state index in [1.165, 1.54) is 10.6 Å². The van der Waals surface area contributed by atoms with E-state index in [9.17, 15) is 13.2 Å². The van der Waals surface area contributed by atoms with Gasteiger partial charge in [-0.15, -0.1) is 0 Å². The van der Waals surface area contributed by atoms with Crippen LogP contribution in [-0.2, 0) is 14.8 Å². The molecule has 0 saturated carbocycles. The van der Waals surface area contributed by atoms with E-state index in [0.717, 1.165) is 24.2 Å². The van der Waals surface area contributed by atoms with E-state index >= 15 is 0 Å². The maximum atomic E-state index is 12.9. The Bertz CT molecular complexity index is 1100. The molecule has 1 aliphatic rings. The number of amides is 1.